The Hall–Kier alpha value is -1.49. The number of ether oxygens (including phenoxy) is 1. The molecule has 0 amide bonds. The molecule has 1 unspecified atom stereocenters. The van der Waals surface area contributed by atoms with Crippen molar-refractivity contribution in [1.82, 2.24) is 10.4 Å². The van der Waals surface area contributed by atoms with Crippen molar-refractivity contribution in [1.29, 1.82) is 0 Å². The van der Waals surface area contributed by atoms with Gasteiger partial charge in [-0.3, -0.25) is 16.3 Å². The van der Waals surface area contributed by atoms with Crippen LogP contribution in [0.3, 0.4) is 0 Å². The van der Waals surface area contributed by atoms with Crippen molar-refractivity contribution in [3.05, 3.63) is 42.2 Å². The summed E-state index contributed by atoms with van der Waals surface area (Å²) in [5.41, 5.74) is 3.97. The van der Waals surface area contributed by atoms with Crippen LogP contribution in [-0.4, -0.2) is 17.7 Å². The molecule has 21 heavy (non-hydrogen) atoms. The van der Waals surface area contributed by atoms with Gasteiger partial charge in [0.25, 0.3) is 0 Å². The van der Waals surface area contributed by atoms with Crippen LogP contribution in [0.15, 0.2) is 36.7 Å². The summed E-state index contributed by atoms with van der Waals surface area (Å²) in [6.07, 6.45) is 9.47. The van der Waals surface area contributed by atoms with Crippen LogP contribution in [0.1, 0.15) is 43.7 Å². The van der Waals surface area contributed by atoms with E-state index in [0.717, 1.165) is 18.2 Å². The number of rotatable bonds is 4. The summed E-state index contributed by atoms with van der Waals surface area (Å²) in [5, 5.41) is 2.33. The maximum absolute atomic E-state index is 5.97. The molecule has 112 valence electrons. The number of nitrogens with zero attached hydrogens (tertiary/aromatic N) is 1. The smallest absolute Gasteiger partial charge is 0.0885 e. The molecule has 1 heterocycles. The molecule has 1 aromatic heterocycles. The molecular formula is C17H23N3O. The second-order valence-corrected chi connectivity index (χ2v) is 5.87. The third kappa shape index (κ3) is 2.55. The minimum absolute atomic E-state index is 0.0179. The van der Waals surface area contributed by atoms with Crippen LogP contribution in [0.4, 0.5) is 0 Å². The summed E-state index contributed by atoms with van der Waals surface area (Å²) in [5.74, 6) is 5.94. The normalized spacial score (nSPS) is 19.5. The molecule has 0 radical (unpaired) electrons. The zero-order chi connectivity index (χ0) is 14.7. The van der Waals surface area contributed by atoms with Crippen molar-refractivity contribution in [2.24, 2.45) is 5.84 Å². The van der Waals surface area contributed by atoms with Crippen molar-refractivity contribution < 1.29 is 4.74 Å². The fraction of sp³-hybridized carbons (Fsp3) is 0.471. The van der Waals surface area contributed by atoms with Gasteiger partial charge in [-0.05, 0) is 29.9 Å². The third-order valence-electron chi connectivity index (χ3n) is 4.83. The zero-order valence-corrected chi connectivity index (χ0v) is 12.5. The molecule has 0 spiro atoms. The lowest BCUT2D eigenvalue weighted by Gasteiger charge is -2.42. The summed E-state index contributed by atoms with van der Waals surface area (Å²) in [4.78, 5) is 4.27. The van der Waals surface area contributed by atoms with Crippen molar-refractivity contribution in [3.63, 3.8) is 0 Å². The van der Waals surface area contributed by atoms with Gasteiger partial charge in [0.15, 0.2) is 0 Å². The number of nitrogens with one attached hydrogen (secondary N) is 1. The van der Waals surface area contributed by atoms with E-state index >= 15 is 0 Å². The molecule has 3 rings (SSSR count). The summed E-state index contributed by atoms with van der Waals surface area (Å²) in [6, 6.07) is 8.33. The molecule has 1 aromatic carbocycles. The summed E-state index contributed by atoms with van der Waals surface area (Å²) >= 11 is 0. The highest BCUT2D eigenvalue weighted by Gasteiger charge is 2.41. The SMILES string of the molecule is COC1(C(NN)c2cccc3ccncc23)CCCCC1. The van der Waals surface area contributed by atoms with E-state index in [1.165, 1.54) is 30.2 Å². The van der Waals surface area contributed by atoms with E-state index in [-0.39, 0.29) is 11.6 Å². The van der Waals surface area contributed by atoms with Gasteiger partial charge in [-0.1, -0.05) is 37.5 Å². The van der Waals surface area contributed by atoms with Gasteiger partial charge in [0, 0.05) is 24.9 Å². The van der Waals surface area contributed by atoms with E-state index in [0.29, 0.717) is 0 Å². The van der Waals surface area contributed by atoms with Crippen LogP contribution in [0.5, 0.6) is 0 Å². The zero-order valence-electron chi connectivity index (χ0n) is 12.5. The van der Waals surface area contributed by atoms with Crippen LogP contribution < -0.4 is 11.3 Å². The molecule has 1 fully saturated rings. The topological polar surface area (TPSA) is 60.2 Å². The fourth-order valence-corrected chi connectivity index (χ4v) is 3.67. The molecule has 4 heteroatoms. The molecular weight excluding hydrogens is 262 g/mol. The van der Waals surface area contributed by atoms with Crippen LogP contribution in [0.2, 0.25) is 0 Å². The van der Waals surface area contributed by atoms with Gasteiger partial charge in [0.1, 0.15) is 0 Å². The van der Waals surface area contributed by atoms with Gasteiger partial charge >= 0.3 is 0 Å². The first-order valence-electron chi connectivity index (χ1n) is 7.65. The predicted molar refractivity (Wildman–Crippen MR) is 84.6 cm³/mol. The van der Waals surface area contributed by atoms with Gasteiger partial charge in [-0.15, -0.1) is 0 Å². The summed E-state index contributed by atoms with van der Waals surface area (Å²) in [6.45, 7) is 0. The largest absolute Gasteiger partial charge is 0.376 e. The van der Waals surface area contributed by atoms with Crippen molar-refractivity contribution in [3.8, 4) is 0 Å². The van der Waals surface area contributed by atoms with Crippen LogP contribution in [0.25, 0.3) is 10.8 Å². The summed E-state index contributed by atoms with van der Waals surface area (Å²) < 4.78 is 5.97. The molecule has 1 aliphatic rings. The van der Waals surface area contributed by atoms with Crippen LogP contribution in [-0.2, 0) is 4.74 Å². The Balaban J connectivity index is 2.09. The van der Waals surface area contributed by atoms with Crippen molar-refractivity contribution in [2.45, 2.75) is 43.7 Å². The maximum atomic E-state index is 5.97. The van der Waals surface area contributed by atoms with Gasteiger partial charge in [-0.25, -0.2) is 0 Å². The standard InChI is InChI=1S/C17H23N3O/c1-21-17(9-3-2-4-10-17)16(20-18)14-7-5-6-13-8-11-19-12-15(13)14/h5-8,11-12,16,20H,2-4,9-10,18H2,1H3. The van der Waals surface area contributed by atoms with E-state index in [2.05, 4.69) is 28.6 Å². The van der Waals surface area contributed by atoms with Gasteiger partial charge in [-0.2, -0.15) is 0 Å². The number of pyridine rings is 1. The number of hydrogen-bond donors (Lipinski definition) is 2. The first kappa shape index (κ1) is 14.4. The van der Waals surface area contributed by atoms with E-state index in [1.54, 1.807) is 7.11 Å². The van der Waals surface area contributed by atoms with Crippen LogP contribution >= 0.6 is 0 Å². The highest BCUT2D eigenvalue weighted by Crippen LogP contribution is 2.42. The Morgan fingerprint density at radius 1 is 1.24 bits per heavy atom. The Bertz CT molecular complexity index is 603. The Morgan fingerprint density at radius 2 is 2.05 bits per heavy atom. The quantitative estimate of drug-likeness (QED) is 0.669. The average molecular weight is 285 g/mol. The molecule has 1 aliphatic carbocycles. The number of benzene rings is 1. The first-order chi connectivity index (χ1) is 10.3. The lowest BCUT2D eigenvalue weighted by molar-refractivity contribution is -0.0685. The predicted octanol–water partition coefficient (Wildman–Crippen LogP) is 3.09. The minimum Gasteiger partial charge on any atom is -0.376 e. The molecule has 2 aromatic rings. The summed E-state index contributed by atoms with van der Waals surface area (Å²) in [7, 11) is 1.80. The van der Waals surface area contributed by atoms with Gasteiger partial charge in [0.2, 0.25) is 0 Å². The second kappa shape index (κ2) is 6.10. The number of methoxy groups -OCH3 is 1. The molecule has 0 aliphatic heterocycles. The molecule has 1 atom stereocenters. The van der Waals surface area contributed by atoms with Crippen molar-refractivity contribution in [2.75, 3.05) is 7.11 Å². The molecule has 0 saturated heterocycles. The van der Waals surface area contributed by atoms with Gasteiger partial charge < -0.3 is 4.74 Å². The fourth-order valence-electron chi connectivity index (χ4n) is 3.67. The number of hydrazine groups is 1. The highest BCUT2D eigenvalue weighted by molar-refractivity contribution is 5.85. The van der Waals surface area contributed by atoms with E-state index in [9.17, 15) is 0 Å². The molecule has 4 nitrogen and oxygen atoms in total. The van der Waals surface area contributed by atoms with E-state index in [1.807, 2.05) is 18.5 Å². The first-order valence-corrected chi connectivity index (χ1v) is 7.65. The number of nitrogens with two attached hydrogens (primary N) is 1. The highest BCUT2D eigenvalue weighted by atomic mass is 16.5. The lowest BCUT2D eigenvalue weighted by Crippen LogP contribution is -2.49. The van der Waals surface area contributed by atoms with Gasteiger partial charge in [0.05, 0.1) is 11.6 Å². The van der Waals surface area contributed by atoms with E-state index < -0.39 is 0 Å². The molecule has 0 bridgehead atoms. The monoisotopic (exact) mass is 285 g/mol. The van der Waals surface area contributed by atoms with Crippen LogP contribution in [0, 0.1) is 0 Å². The minimum atomic E-state index is -0.225. The second-order valence-electron chi connectivity index (χ2n) is 5.87. The average Bonchev–Trinajstić information content (AvgIpc) is 2.56. The number of fused-ring (bicyclic) bond motifs is 1. The Kier molecular flexibility index (Phi) is 4.19. The maximum Gasteiger partial charge on any atom is 0.0885 e. The molecule has 3 N–H and O–H groups in total. The van der Waals surface area contributed by atoms with E-state index in [4.69, 9.17) is 10.6 Å². The third-order valence-corrected chi connectivity index (χ3v) is 4.83. The Morgan fingerprint density at radius 3 is 2.76 bits per heavy atom. The number of aromatic nitrogens is 1. The number of hydrogen-bond acceptors (Lipinski definition) is 4. The van der Waals surface area contributed by atoms with Crippen molar-refractivity contribution >= 4 is 10.8 Å². The Labute approximate surface area is 125 Å². The lowest BCUT2D eigenvalue weighted by atomic mass is 9.76. The molecule has 1 saturated carbocycles.